The van der Waals surface area contributed by atoms with Gasteiger partial charge in [-0.2, -0.15) is 5.10 Å². The van der Waals surface area contributed by atoms with Crippen LogP contribution < -0.4 is 14.8 Å². The van der Waals surface area contributed by atoms with Crippen molar-refractivity contribution in [1.29, 1.82) is 0 Å². The summed E-state index contributed by atoms with van der Waals surface area (Å²) >= 11 is 6.00. The molecule has 0 aliphatic heterocycles. The topological polar surface area (TPSA) is 65.4 Å². The van der Waals surface area contributed by atoms with Crippen LogP contribution in [0, 0.1) is 0 Å². The molecule has 0 saturated heterocycles. The lowest BCUT2D eigenvalue weighted by molar-refractivity contribution is 0.102. The quantitative estimate of drug-likeness (QED) is 0.714. The molecule has 0 fully saturated rings. The number of para-hydroxylation sites is 1. The number of nitrogens with one attached hydrogen (secondary N) is 1. The van der Waals surface area contributed by atoms with Gasteiger partial charge < -0.3 is 14.8 Å². The van der Waals surface area contributed by atoms with Gasteiger partial charge in [0.15, 0.2) is 11.5 Å². The third kappa shape index (κ3) is 3.97. The molecule has 0 radical (unpaired) electrons. The molecule has 134 valence electrons. The number of rotatable bonds is 6. The maximum absolute atomic E-state index is 12.6. The van der Waals surface area contributed by atoms with E-state index >= 15 is 0 Å². The minimum atomic E-state index is -0.303. The van der Waals surface area contributed by atoms with Crippen LogP contribution in [0.1, 0.15) is 15.9 Å². The Morgan fingerprint density at radius 3 is 2.73 bits per heavy atom. The molecule has 26 heavy (non-hydrogen) atoms. The van der Waals surface area contributed by atoms with E-state index in [2.05, 4.69) is 10.4 Å². The summed E-state index contributed by atoms with van der Waals surface area (Å²) in [5.74, 6) is 0.582. The Hall–Kier alpha value is -2.99. The predicted octanol–water partition coefficient (Wildman–Crippen LogP) is 3.85. The van der Waals surface area contributed by atoms with Gasteiger partial charge in [-0.3, -0.25) is 9.48 Å². The molecule has 1 N–H and O–H groups in total. The molecule has 3 rings (SSSR count). The molecule has 0 aliphatic carbocycles. The highest BCUT2D eigenvalue weighted by Gasteiger charge is 2.17. The van der Waals surface area contributed by atoms with Gasteiger partial charge in [-0.25, -0.2) is 0 Å². The lowest BCUT2D eigenvalue weighted by Crippen LogP contribution is -2.13. The lowest BCUT2D eigenvalue weighted by atomic mass is 10.1. The van der Waals surface area contributed by atoms with Gasteiger partial charge in [0, 0.05) is 11.2 Å². The van der Waals surface area contributed by atoms with E-state index in [1.807, 2.05) is 24.3 Å². The summed E-state index contributed by atoms with van der Waals surface area (Å²) in [6.07, 6.45) is 3.35. The molecule has 0 aliphatic rings. The van der Waals surface area contributed by atoms with E-state index in [0.29, 0.717) is 34.3 Å². The largest absolute Gasteiger partial charge is 0.493 e. The summed E-state index contributed by atoms with van der Waals surface area (Å²) in [4.78, 5) is 12.6. The standard InChI is InChI=1S/C19H18ClN3O3/c1-25-17-8-4-7-16(18(17)26-2)19(24)22-15-10-21-23(12-15)11-13-5-3-6-14(20)9-13/h3-10,12H,11H2,1-2H3,(H,22,24). The molecule has 0 atom stereocenters. The number of anilines is 1. The van der Waals surface area contributed by atoms with Crippen LogP contribution >= 0.6 is 11.6 Å². The molecule has 0 saturated carbocycles. The Morgan fingerprint density at radius 2 is 2.00 bits per heavy atom. The maximum Gasteiger partial charge on any atom is 0.259 e. The van der Waals surface area contributed by atoms with E-state index in [4.69, 9.17) is 21.1 Å². The molecular formula is C19H18ClN3O3. The number of benzene rings is 2. The van der Waals surface area contributed by atoms with Gasteiger partial charge in [-0.05, 0) is 29.8 Å². The SMILES string of the molecule is COc1cccc(C(=O)Nc2cnn(Cc3cccc(Cl)c3)c2)c1OC. The van der Waals surface area contributed by atoms with Gasteiger partial charge in [-0.1, -0.05) is 29.8 Å². The first-order chi connectivity index (χ1) is 12.6. The van der Waals surface area contributed by atoms with E-state index in [9.17, 15) is 4.79 Å². The van der Waals surface area contributed by atoms with Crippen molar-refractivity contribution in [1.82, 2.24) is 9.78 Å². The molecule has 3 aromatic rings. The Labute approximate surface area is 156 Å². The zero-order chi connectivity index (χ0) is 18.5. The van der Waals surface area contributed by atoms with Gasteiger partial charge in [0.1, 0.15) is 0 Å². The maximum atomic E-state index is 12.6. The van der Waals surface area contributed by atoms with Gasteiger partial charge >= 0.3 is 0 Å². The van der Waals surface area contributed by atoms with Crippen molar-refractivity contribution >= 4 is 23.2 Å². The molecular weight excluding hydrogens is 354 g/mol. The van der Waals surface area contributed by atoms with Crippen molar-refractivity contribution < 1.29 is 14.3 Å². The minimum absolute atomic E-state index is 0.303. The molecule has 0 bridgehead atoms. The van der Waals surface area contributed by atoms with Crippen molar-refractivity contribution in [2.24, 2.45) is 0 Å². The van der Waals surface area contributed by atoms with E-state index < -0.39 is 0 Å². The Kier molecular flexibility index (Phi) is 5.43. The predicted molar refractivity (Wildman–Crippen MR) is 100 cm³/mol. The van der Waals surface area contributed by atoms with Gasteiger partial charge in [0.2, 0.25) is 0 Å². The molecule has 1 aromatic heterocycles. The van der Waals surface area contributed by atoms with Crippen LogP contribution in [0.15, 0.2) is 54.9 Å². The number of carbonyl (C=O) groups excluding carboxylic acids is 1. The fourth-order valence-corrected chi connectivity index (χ4v) is 2.81. The highest BCUT2D eigenvalue weighted by molar-refractivity contribution is 6.30. The zero-order valence-corrected chi connectivity index (χ0v) is 15.2. The Bertz CT molecular complexity index is 924. The first-order valence-electron chi connectivity index (χ1n) is 7.90. The monoisotopic (exact) mass is 371 g/mol. The zero-order valence-electron chi connectivity index (χ0n) is 14.4. The number of nitrogens with zero attached hydrogens (tertiary/aromatic N) is 2. The van der Waals surface area contributed by atoms with Gasteiger partial charge in [-0.15, -0.1) is 0 Å². The van der Waals surface area contributed by atoms with Gasteiger partial charge in [0.25, 0.3) is 5.91 Å². The third-order valence-corrected chi connectivity index (χ3v) is 4.01. The first kappa shape index (κ1) is 17.8. The van der Waals surface area contributed by atoms with Crippen LogP contribution in [0.4, 0.5) is 5.69 Å². The van der Waals surface area contributed by atoms with Crippen molar-refractivity contribution in [3.05, 3.63) is 71.0 Å². The second kappa shape index (κ2) is 7.93. The fraction of sp³-hybridized carbons (Fsp3) is 0.158. The highest BCUT2D eigenvalue weighted by Crippen LogP contribution is 2.31. The van der Waals surface area contributed by atoms with Crippen LogP contribution in [0.2, 0.25) is 5.02 Å². The molecule has 0 unspecified atom stereocenters. The number of halogens is 1. The molecule has 7 heteroatoms. The van der Waals surface area contributed by atoms with Crippen molar-refractivity contribution in [3.63, 3.8) is 0 Å². The normalized spacial score (nSPS) is 10.4. The number of ether oxygens (including phenoxy) is 2. The van der Waals surface area contributed by atoms with Crippen molar-refractivity contribution in [2.75, 3.05) is 19.5 Å². The number of aromatic nitrogens is 2. The Balaban J connectivity index is 1.74. The highest BCUT2D eigenvalue weighted by atomic mass is 35.5. The Morgan fingerprint density at radius 1 is 1.19 bits per heavy atom. The number of hydrogen-bond donors (Lipinski definition) is 1. The fourth-order valence-electron chi connectivity index (χ4n) is 2.60. The van der Waals surface area contributed by atoms with Crippen LogP contribution in [0.25, 0.3) is 0 Å². The molecule has 2 aromatic carbocycles. The lowest BCUT2D eigenvalue weighted by Gasteiger charge is -2.11. The van der Waals surface area contributed by atoms with E-state index in [-0.39, 0.29) is 5.91 Å². The van der Waals surface area contributed by atoms with E-state index in [1.165, 1.54) is 14.2 Å². The summed E-state index contributed by atoms with van der Waals surface area (Å²) in [7, 11) is 3.02. The average Bonchev–Trinajstić information content (AvgIpc) is 3.07. The van der Waals surface area contributed by atoms with Crippen LogP contribution in [0.5, 0.6) is 11.5 Å². The van der Waals surface area contributed by atoms with Crippen LogP contribution in [0.3, 0.4) is 0 Å². The average molecular weight is 372 g/mol. The van der Waals surface area contributed by atoms with E-state index in [0.717, 1.165) is 5.56 Å². The number of carbonyl (C=O) groups is 1. The number of methoxy groups -OCH3 is 2. The smallest absolute Gasteiger partial charge is 0.259 e. The van der Waals surface area contributed by atoms with Gasteiger partial charge in [0.05, 0.1) is 38.2 Å². The van der Waals surface area contributed by atoms with Crippen molar-refractivity contribution in [3.8, 4) is 11.5 Å². The summed E-state index contributed by atoms with van der Waals surface area (Å²) in [5.41, 5.74) is 1.99. The summed E-state index contributed by atoms with van der Waals surface area (Å²) in [5, 5.41) is 7.76. The second-order valence-electron chi connectivity index (χ2n) is 5.55. The molecule has 1 heterocycles. The summed E-state index contributed by atoms with van der Waals surface area (Å²) in [6.45, 7) is 0.554. The molecule has 0 spiro atoms. The minimum Gasteiger partial charge on any atom is -0.493 e. The molecule has 6 nitrogen and oxygen atoms in total. The summed E-state index contributed by atoms with van der Waals surface area (Å²) in [6, 6.07) is 12.7. The second-order valence-corrected chi connectivity index (χ2v) is 5.99. The number of amides is 1. The first-order valence-corrected chi connectivity index (χ1v) is 8.27. The van der Waals surface area contributed by atoms with Crippen LogP contribution in [-0.2, 0) is 6.54 Å². The van der Waals surface area contributed by atoms with E-state index in [1.54, 1.807) is 35.3 Å². The molecule has 1 amide bonds. The summed E-state index contributed by atoms with van der Waals surface area (Å²) < 4.78 is 12.3. The van der Waals surface area contributed by atoms with Crippen LogP contribution in [-0.4, -0.2) is 29.9 Å². The van der Waals surface area contributed by atoms with Crippen molar-refractivity contribution in [2.45, 2.75) is 6.54 Å². The number of hydrogen-bond acceptors (Lipinski definition) is 4. The third-order valence-electron chi connectivity index (χ3n) is 3.77.